The van der Waals surface area contributed by atoms with Gasteiger partial charge in [0.05, 0.1) is 18.8 Å². The van der Waals surface area contributed by atoms with E-state index in [0.29, 0.717) is 0 Å². The van der Waals surface area contributed by atoms with E-state index in [9.17, 15) is 17.6 Å². The Hall–Kier alpha value is -1.89. The molecule has 120 valence electrons. The van der Waals surface area contributed by atoms with Crippen LogP contribution in [0.25, 0.3) is 11.2 Å². The molecule has 0 radical (unpaired) electrons. The molecule has 3 heterocycles. The molecule has 1 saturated heterocycles. The zero-order chi connectivity index (χ0) is 15.9. The van der Waals surface area contributed by atoms with Gasteiger partial charge >= 0.3 is 10.3 Å². The molecule has 0 bridgehead atoms. The van der Waals surface area contributed by atoms with E-state index in [4.69, 9.17) is 9.29 Å². The van der Waals surface area contributed by atoms with Gasteiger partial charge in [0.2, 0.25) is 0 Å². The summed E-state index contributed by atoms with van der Waals surface area (Å²) in [4.78, 5) is 21.7. The Balaban J connectivity index is 1.82. The number of rotatable bonds is 4. The van der Waals surface area contributed by atoms with Crippen molar-refractivity contribution in [2.75, 3.05) is 6.54 Å². The van der Waals surface area contributed by atoms with E-state index >= 15 is 0 Å². The lowest BCUT2D eigenvalue weighted by molar-refractivity contribution is -0.0140. The summed E-state index contributed by atoms with van der Waals surface area (Å²) in [6.45, 7) is -0.267. The minimum Gasteiger partial charge on any atom is -0.350 e. The molecule has 1 aliphatic rings. The van der Waals surface area contributed by atoms with E-state index in [1.165, 1.54) is 17.2 Å². The molecule has 2 aromatic rings. The molecule has 0 unspecified atom stereocenters. The van der Waals surface area contributed by atoms with Crippen LogP contribution in [0.1, 0.15) is 12.6 Å². The lowest BCUT2D eigenvalue weighted by Gasteiger charge is -2.15. The maximum atomic E-state index is 14.1. The fourth-order valence-corrected chi connectivity index (χ4v) is 2.72. The highest BCUT2D eigenvalue weighted by molar-refractivity contribution is 7.83. The molecule has 0 saturated carbocycles. The van der Waals surface area contributed by atoms with Gasteiger partial charge in [-0.05, 0) is 0 Å². The van der Waals surface area contributed by atoms with Gasteiger partial charge in [-0.15, -0.1) is 0 Å². The second-order valence-electron chi connectivity index (χ2n) is 4.78. The second-order valence-corrected chi connectivity index (χ2v) is 6.02. The predicted octanol–water partition coefficient (Wildman–Crippen LogP) is -0.862. The number of halogens is 1. The SMILES string of the molecule is O=c1[nH]cnc2c1ncn2[C@@H]1O[C@H](CNS(=O)(=O)O)C[C@H]1F. The molecule has 3 rings (SSSR count). The van der Waals surface area contributed by atoms with Gasteiger partial charge in [0.25, 0.3) is 5.56 Å². The standard InChI is InChI=1S/C10H12FN5O5S/c11-6-1-5(2-15-22(18,19)20)21-10(6)16-4-14-7-8(16)12-3-13-9(7)17/h3-6,10,15H,1-2H2,(H,12,13,17)(H,18,19,20)/t5-,6+,10+/m0/s1. The van der Waals surface area contributed by atoms with Crippen molar-refractivity contribution < 1.29 is 22.1 Å². The summed E-state index contributed by atoms with van der Waals surface area (Å²) in [7, 11) is -4.37. The number of imidazole rings is 1. The number of alkyl halides is 1. The predicted molar refractivity (Wildman–Crippen MR) is 71.1 cm³/mol. The van der Waals surface area contributed by atoms with Crippen LogP contribution >= 0.6 is 0 Å². The zero-order valence-electron chi connectivity index (χ0n) is 11.0. The van der Waals surface area contributed by atoms with Crippen LogP contribution in [0.2, 0.25) is 0 Å². The molecule has 0 amide bonds. The van der Waals surface area contributed by atoms with Gasteiger partial charge in [0, 0.05) is 13.0 Å². The van der Waals surface area contributed by atoms with Gasteiger partial charge in [0.1, 0.15) is 6.17 Å². The van der Waals surface area contributed by atoms with Crippen molar-refractivity contribution in [2.24, 2.45) is 0 Å². The summed E-state index contributed by atoms with van der Waals surface area (Å²) < 4.78 is 52.5. The maximum absolute atomic E-state index is 14.1. The molecular formula is C10H12FN5O5S. The molecule has 1 aliphatic heterocycles. The number of nitrogens with zero attached hydrogens (tertiary/aromatic N) is 3. The Kier molecular flexibility index (Phi) is 3.68. The highest BCUT2D eigenvalue weighted by Gasteiger charge is 2.38. The molecule has 22 heavy (non-hydrogen) atoms. The molecule has 12 heteroatoms. The fraction of sp³-hybridized carbons (Fsp3) is 0.500. The molecule has 0 aliphatic carbocycles. The van der Waals surface area contributed by atoms with Crippen LogP contribution < -0.4 is 10.3 Å². The van der Waals surface area contributed by atoms with Crippen LogP contribution in [0.5, 0.6) is 0 Å². The van der Waals surface area contributed by atoms with Crippen molar-refractivity contribution >= 4 is 21.5 Å². The number of hydrogen-bond donors (Lipinski definition) is 3. The van der Waals surface area contributed by atoms with Gasteiger partial charge in [-0.1, -0.05) is 0 Å². The van der Waals surface area contributed by atoms with Crippen LogP contribution in [0.4, 0.5) is 4.39 Å². The molecule has 3 atom stereocenters. The molecular weight excluding hydrogens is 321 g/mol. The van der Waals surface area contributed by atoms with Gasteiger partial charge in [-0.2, -0.15) is 13.1 Å². The normalized spacial score (nSPS) is 25.8. The van der Waals surface area contributed by atoms with E-state index in [0.717, 1.165) is 0 Å². The average molecular weight is 333 g/mol. The lowest BCUT2D eigenvalue weighted by atomic mass is 10.2. The first-order valence-electron chi connectivity index (χ1n) is 6.27. The van der Waals surface area contributed by atoms with Crippen LogP contribution in [0.15, 0.2) is 17.4 Å². The maximum Gasteiger partial charge on any atom is 0.333 e. The number of H-pyrrole nitrogens is 1. The first kappa shape index (κ1) is 15.0. The third kappa shape index (κ3) is 2.85. The lowest BCUT2D eigenvalue weighted by Crippen LogP contribution is -2.31. The minimum absolute atomic E-state index is 0.0535. The highest BCUT2D eigenvalue weighted by Crippen LogP contribution is 2.32. The summed E-state index contributed by atoms with van der Waals surface area (Å²) >= 11 is 0. The number of aromatic amines is 1. The first-order chi connectivity index (χ1) is 10.3. The monoisotopic (exact) mass is 333 g/mol. The molecule has 1 fully saturated rings. The molecule has 0 aromatic carbocycles. The Morgan fingerprint density at radius 3 is 3.05 bits per heavy atom. The summed E-state index contributed by atoms with van der Waals surface area (Å²) in [5, 5.41) is 0. The van der Waals surface area contributed by atoms with Crippen LogP contribution in [0, 0.1) is 0 Å². The van der Waals surface area contributed by atoms with Gasteiger partial charge in [-0.25, -0.2) is 14.4 Å². The number of nitrogens with one attached hydrogen (secondary N) is 2. The molecule has 2 aromatic heterocycles. The summed E-state index contributed by atoms with van der Waals surface area (Å²) in [6, 6.07) is 0. The van der Waals surface area contributed by atoms with E-state index in [2.05, 4.69) is 15.0 Å². The van der Waals surface area contributed by atoms with Crippen LogP contribution in [0.3, 0.4) is 0 Å². The van der Waals surface area contributed by atoms with Crippen molar-refractivity contribution in [3.8, 4) is 0 Å². The Morgan fingerprint density at radius 2 is 2.32 bits per heavy atom. The van der Waals surface area contributed by atoms with Crippen LogP contribution in [-0.4, -0.2) is 51.3 Å². The fourth-order valence-electron chi connectivity index (χ4n) is 2.32. The first-order valence-corrected chi connectivity index (χ1v) is 7.71. The van der Waals surface area contributed by atoms with E-state index in [1.54, 1.807) is 0 Å². The van der Waals surface area contributed by atoms with Crippen molar-refractivity contribution in [1.82, 2.24) is 24.2 Å². The minimum atomic E-state index is -4.37. The summed E-state index contributed by atoms with van der Waals surface area (Å²) in [5.74, 6) is 0. The average Bonchev–Trinajstić information content (AvgIpc) is 3.00. The number of aromatic nitrogens is 4. The third-order valence-corrected chi connectivity index (χ3v) is 3.79. The van der Waals surface area contributed by atoms with Gasteiger partial charge in [-0.3, -0.25) is 13.9 Å². The van der Waals surface area contributed by atoms with Gasteiger partial charge < -0.3 is 9.72 Å². The Labute approximate surface area is 123 Å². The van der Waals surface area contributed by atoms with E-state index in [1.807, 2.05) is 4.72 Å². The van der Waals surface area contributed by atoms with E-state index in [-0.39, 0.29) is 24.1 Å². The van der Waals surface area contributed by atoms with Gasteiger partial charge in [0.15, 0.2) is 17.4 Å². The third-order valence-electron chi connectivity index (χ3n) is 3.26. The molecule has 3 N–H and O–H groups in total. The van der Waals surface area contributed by atoms with Crippen LogP contribution in [-0.2, 0) is 15.0 Å². The smallest absolute Gasteiger partial charge is 0.333 e. The van der Waals surface area contributed by atoms with Crippen molar-refractivity contribution in [3.05, 3.63) is 23.0 Å². The summed E-state index contributed by atoms with van der Waals surface area (Å²) in [5.41, 5.74) is -0.237. The Morgan fingerprint density at radius 1 is 1.55 bits per heavy atom. The summed E-state index contributed by atoms with van der Waals surface area (Å²) in [6.07, 6.45) is -0.943. The van der Waals surface area contributed by atoms with Crippen molar-refractivity contribution in [1.29, 1.82) is 0 Å². The second kappa shape index (κ2) is 5.39. The van der Waals surface area contributed by atoms with Crippen molar-refractivity contribution in [3.63, 3.8) is 0 Å². The number of ether oxygens (including phenoxy) is 1. The molecule has 0 spiro atoms. The van der Waals surface area contributed by atoms with E-state index < -0.39 is 34.4 Å². The number of fused-ring (bicyclic) bond motifs is 1. The number of hydrogen-bond acceptors (Lipinski definition) is 6. The topological polar surface area (TPSA) is 139 Å². The Bertz CT molecular complexity index is 849. The zero-order valence-corrected chi connectivity index (χ0v) is 11.8. The molecule has 10 nitrogen and oxygen atoms in total. The highest BCUT2D eigenvalue weighted by atomic mass is 32.2. The van der Waals surface area contributed by atoms with Crippen molar-refractivity contribution in [2.45, 2.75) is 24.9 Å². The quantitative estimate of drug-likeness (QED) is 0.618. The largest absolute Gasteiger partial charge is 0.350 e.